The van der Waals surface area contributed by atoms with Crippen LogP contribution in [0, 0.1) is 34.5 Å². The molecule has 2 aliphatic heterocycles. The first-order chi connectivity index (χ1) is 23.3. The summed E-state index contributed by atoms with van der Waals surface area (Å²) in [4.78, 5) is 55.4. The predicted molar refractivity (Wildman–Crippen MR) is 170 cm³/mol. The molecular formula is C36H46N2O11. The SMILES string of the molecule is CCN1C[C@]2(COC(=O)c3ccccc3N3C(=O)CCC3=O)CC[C@H](OC)[C@@]34[C@@H]5C[C@H]6[C@H](O)[C@@H]5[C@](O)(C[C@@H]6OC)[C@](O)([C@@H](OC(C)=O)[C@H]23)[C@@H]14. The summed E-state index contributed by atoms with van der Waals surface area (Å²) in [7, 11) is 3.20. The van der Waals surface area contributed by atoms with Gasteiger partial charge in [0.1, 0.15) is 17.3 Å². The molecule has 2 heterocycles. The summed E-state index contributed by atoms with van der Waals surface area (Å²) in [6, 6.07) is 5.70. The number of ether oxygens (including phenoxy) is 4. The van der Waals surface area contributed by atoms with Gasteiger partial charge in [-0.25, -0.2) is 9.69 Å². The third-order valence-corrected chi connectivity index (χ3v) is 14.0. The number of esters is 2. The fourth-order valence-electron chi connectivity index (χ4n) is 12.7. The Bertz CT molecular complexity index is 1590. The number of piperidine rings is 1. The number of para-hydroxylation sites is 1. The van der Waals surface area contributed by atoms with Crippen molar-refractivity contribution in [2.24, 2.45) is 34.5 Å². The lowest BCUT2D eigenvalue weighted by molar-refractivity contribution is -0.318. The Labute approximate surface area is 284 Å². The fourth-order valence-corrected chi connectivity index (χ4v) is 12.7. The van der Waals surface area contributed by atoms with Gasteiger partial charge in [0.05, 0.1) is 42.2 Å². The van der Waals surface area contributed by atoms with Gasteiger partial charge in [0.2, 0.25) is 11.8 Å². The molecule has 266 valence electrons. The molecule has 49 heavy (non-hydrogen) atoms. The van der Waals surface area contributed by atoms with Gasteiger partial charge in [0.15, 0.2) is 0 Å². The molecule has 0 radical (unpaired) electrons. The first kappa shape index (κ1) is 33.2. The molecule has 0 unspecified atom stereocenters. The lowest BCUT2D eigenvalue weighted by Crippen LogP contribution is -2.82. The second-order valence-corrected chi connectivity index (χ2v) is 15.6. The van der Waals surface area contributed by atoms with Crippen molar-refractivity contribution in [2.45, 2.75) is 94.0 Å². The molecule has 1 spiro atoms. The minimum atomic E-state index is -2.01. The van der Waals surface area contributed by atoms with Crippen molar-refractivity contribution >= 4 is 29.4 Å². The zero-order chi connectivity index (χ0) is 34.8. The van der Waals surface area contributed by atoms with Crippen molar-refractivity contribution in [1.82, 2.24) is 4.90 Å². The van der Waals surface area contributed by atoms with E-state index in [9.17, 15) is 34.5 Å². The molecule has 1 aromatic rings. The number of carbonyl (C=O) groups excluding carboxylic acids is 4. The lowest BCUT2D eigenvalue weighted by Gasteiger charge is -2.69. The van der Waals surface area contributed by atoms with Gasteiger partial charge in [0, 0.05) is 75.5 Å². The number of aliphatic hydroxyl groups excluding tert-OH is 1. The molecule has 7 aliphatic rings. The molecule has 7 fully saturated rings. The summed E-state index contributed by atoms with van der Waals surface area (Å²) < 4.78 is 24.6. The van der Waals surface area contributed by atoms with Gasteiger partial charge in [-0.3, -0.25) is 19.3 Å². The molecule has 5 aliphatic carbocycles. The smallest absolute Gasteiger partial charge is 0.340 e. The number of benzene rings is 1. The van der Waals surface area contributed by atoms with Crippen LogP contribution in [-0.2, 0) is 33.3 Å². The van der Waals surface area contributed by atoms with Crippen molar-refractivity contribution < 1.29 is 53.4 Å². The van der Waals surface area contributed by atoms with Crippen molar-refractivity contribution in [3.8, 4) is 0 Å². The van der Waals surface area contributed by atoms with E-state index in [1.807, 2.05) is 6.92 Å². The van der Waals surface area contributed by atoms with E-state index in [1.54, 1.807) is 32.4 Å². The first-order valence-corrected chi connectivity index (χ1v) is 17.6. The maximum absolute atomic E-state index is 14.0. The van der Waals surface area contributed by atoms with E-state index in [-0.39, 0.29) is 60.8 Å². The van der Waals surface area contributed by atoms with E-state index in [0.29, 0.717) is 32.4 Å². The monoisotopic (exact) mass is 682 g/mol. The number of nitrogens with zero attached hydrogens (tertiary/aromatic N) is 2. The molecular weight excluding hydrogens is 636 g/mol. The minimum absolute atomic E-state index is 0.0689. The van der Waals surface area contributed by atoms with Gasteiger partial charge in [-0.05, 0) is 43.9 Å². The number of anilines is 1. The average Bonchev–Trinajstić information content (AvgIpc) is 3.61. The fraction of sp³-hybridized carbons (Fsp3) is 0.722. The number of hydrogen-bond donors (Lipinski definition) is 3. The van der Waals surface area contributed by atoms with Crippen LogP contribution in [0.3, 0.4) is 0 Å². The molecule has 0 aromatic heterocycles. The summed E-state index contributed by atoms with van der Waals surface area (Å²) in [5.74, 6) is -3.99. The molecule has 13 atom stereocenters. The van der Waals surface area contributed by atoms with Crippen LogP contribution in [0.2, 0.25) is 0 Å². The van der Waals surface area contributed by atoms with Crippen LogP contribution in [0.4, 0.5) is 5.69 Å². The van der Waals surface area contributed by atoms with Gasteiger partial charge in [-0.2, -0.15) is 0 Å². The van der Waals surface area contributed by atoms with Crippen molar-refractivity contribution in [3.05, 3.63) is 29.8 Å². The van der Waals surface area contributed by atoms with E-state index < -0.39 is 76.3 Å². The largest absolute Gasteiger partial charge is 0.461 e. The number of fused-ring (bicyclic) bond motifs is 2. The number of likely N-dealkylation sites (tertiary alicyclic amines) is 1. The Morgan fingerprint density at radius 1 is 1.06 bits per heavy atom. The topological polar surface area (TPSA) is 172 Å². The van der Waals surface area contributed by atoms with Gasteiger partial charge in [0.25, 0.3) is 0 Å². The van der Waals surface area contributed by atoms with Gasteiger partial charge in [-0.15, -0.1) is 0 Å². The van der Waals surface area contributed by atoms with Gasteiger partial charge in [-0.1, -0.05) is 19.1 Å². The molecule has 2 amide bonds. The van der Waals surface area contributed by atoms with E-state index in [0.717, 1.165) is 4.90 Å². The zero-order valence-electron chi connectivity index (χ0n) is 28.4. The highest BCUT2D eigenvalue weighted by molar-refractivity contribution is 6.21. The highest BCUT2D eigenvalue weighted by atomic mass is 16.6. The zero-order valence-corrected chi connectivity index (χ0v) is 28.4. The molecule has 13 heteroatoms. The highest BCUT2D eigenvalue weighted by Gasteiger charge is 2.92. The Morgan fingerprint density at radius 2 is 1.78 bits per heavy atom. The number of hydrogen-bond acceptors (Lipinski definition) is 12. The molecule has 3 N–H and O–H groups in total. The maximum atomic E-state index is 14.0. The van der Waals surface area contributed by atoms with Crippen LogP contribution in [0.25, 0.3) is 0 Å². The summed E-state index contributed by atoms with van der Waals surface area (Å²) in [5, 5.41) is 38.2. The van der Waals surface area contributed by atoms with Crippen LogP contribution in [0.1, 0.15) is 62.7 Å². The number of amides is 2. The first-order valence-electron chi connectivity index (χ1n) is 17.6. The minimum Gasteiger partial charge on any atom is -0.461 e. The maximum Gasteiger partial charge on any atom is 0.340 e. The molecule has 5 saturated carbocycles. The quantitative estimate of drug-likeness (QED) is 0.263. The van der Waals surface area contributed by atoms with E-state index in [2.05, 4.69) is 4.90 Å². The Kier molecular flexibility index (Phi) is 7.48. The summed E-state index contributed by atoms with van der Waals surface area (Å²) in [5.41, 5.74) is -5.35. The standard InChI is InChI=1S/C36H46N2O11/c1-5-37-16-33(17-48-31(43)19-8-6-7-9-22(19)38-25(40)10-11-26(38)41)13-12-24(47-4)35-21-14-20-23(46-3)15-34(44,27(21)28(20)42)36(45,32(35)37)30(29(33)35)49-18(2)39/h6-9,20-21,23-24,27-30,32,42,44-45H,5,10-17H2,1-4H3/t20-,21-,23+,24+,27-,28+,29-,30+,32+,33+,34-,35+,36+/m1/s1. The third kappa shape index (κ3) is 3.92. The molecule has 13 nitrogen and oxygen atoms in total. The second kappa shape index (κ2) is 11.0. The van der Waals surface area contributed by atoms with Crippen molar-refractivity contribution in [2.75, 3.05) is 38.8 Å². The predicted octanol–water partition coefficient (Wildman–Crippen LogP) is 1.05. The van der Waals surface area contributed by atoms with Crippen LogP contribution >= 0.6 is 0 Å². The lowest BCUT2D eigenvalue weighted by atomic mass is 9.42. The molecule has 2 saturated heterocycles. The number of aliphatic hydroxyl groups is 3. The van der Waals surface area contributed by atoms with Gasteiger partial charge < -0.3 is 34.3 Å². The van der Waals surface area contributed by atoms with Crippen LogP contribution in [0.5, 0.6) is 0 Å². The van der Waals surface area contributed by atoms with Crippen molar-refractivity contribution in [1.29, 1.82) is 0 Å². The normalized spacial score (nSPS) is 46.3. The Hall–Kier alpha value is -2.94. The number of carbonyl (C=O) groups is 4. The molecule has 8 rings (SSSR count). The Morgan fingerprint density at radius 3 is 2.43 bits per heavy atom. The summed E-state index contributed by atoms with van der Waals surface area (Å²) >= 11 is 0. The number of methoxy groups -OCH3 is 2. The number of rotatable bonds is 8. The van der Waals surface area contributed by atoms with Gasteiger partial charge >= 0.3 is 11.9 Å². The summed E-state index contributed by atoms with van der Waals surface area (Å²) in [6.45, 7) is 4.03. The van der Waals surface area contributed by atoms with Crippen LogP contribution < -0.4 is 4.90 Å². The van der Waals surface area contributed by atoms with Crippen LogP contribution in [-0.4, -0.2) is 120 Å². The number of imide groups is 1. The average molecular weight is 683 g/mol. The van der Waals surface area contributed by atoms with E-state index in [1.165, 1.54) is 13.0 Å². The van der Waals surface area contributed by atoms with E-state index in [4.69, 9.17) is 18.9 Å². The highest BCUT2D eigenvalue weighted by Crippen LogP contribution is 2.80. The second-order valence-electron chi connectivity index (χ2n) is 15.6. The van der Waals surface area contributed by atoms with E-state index >= 15 is 0 Å². The molecule has 7 bridgehead atoms. The molecule has 1 aromatic carbocycles. The van der Waals surface area contributed by atoms with Crippen LogP contribution in [0.15, 0.2) is 24.3 Å². The number of likely N-dealkylation sites (N-methyl/N-ethyl adjacent to an activating group) is 1. The van der Waals surface area contributed by atoms with Crippen molar-refractivity contribution in [3.63, 3.8) is 0 Å². The Balaban J connectivity index is 1.26. The summed E-state index contributed by atoms with van der Waals surface area (Å²) in [6.07, 6.45) is -1.28. The third-order valence-electron chi connectivity index (χ3n) is 14.0.